The lowest BCUT2D eigenvalue weighted by molar-refractivity contribution is -0.141. The largest absolute Gasteiger partial charge is 0.497 e. The summed E-state index contributed by atoms with van der Waals surface area (Å²) in [6.07, 6.45) is 0.816. The summed E-state index contributed by atoms with van der Waals surface area (Å²) in [5.74, 6) is -1.10. The molecule has 0 fully saturated rings. The highest BCUT2D eigenvalue weighted by atomic mass is 16.5. The van der Waals surface area contributed by atoms with Gasteiger partial charge in [0.15, 0.2) is 0 Å². The van der Waals surface area contributed by atoms with Crippen LogP contribution in [0.15, 0.2) is 35.9 Å². The van der Waals surface area contributed by atoms with E-state index in [1.165, 1.54) is 6.92 Å². The molecule has 0 saturated heterocycles. The summed E-state index contributed by atoms with van der Waals surface area (Å²) in [7, 11) is 1.56. The van der Waals surface area contributed by atoms with Gasteiger partial charge in [-0.05, 0) is 24.6 Å². The van der Waals surface area contributed by atoms with Crippen LogP contribution >= 0.6 is 0 Å². The van der Waals surface area contributed by atoms with Gasteiger partial charge in [0.25, 0.3) is 0 Å². The van der Waals surface area contributed by atoms with E-state index >= 15 is 0 Å². The summed E-state index contributed by atoms with van der Waals surface area (Å²) >= 11 is 0. The Kier molecular flexibility index (Phi) is 4.92. The van der Waals surface area contributed by atoms with Gasteiger partial charge >= 0.3 is 11.9 Å². The minimum Gasteiger partial charge on any atom is -0.497 e. The maximum Gasteiger partial charge on any atom is 0.334 e. The summed E-state index contributed by atoms with van der Waals surface area (Å²) in [5, 5.41) is 8.48. The van der Waals surface area contributed by atoms with Gasteiger partial charge in [-0.3, -0.25) is 0 Å². The maximum absolute atomic E-state index is 11.4. The molecule has 1 rings (SSSR count). The minimum absolute atomic E-state index is 0.0519. The number of rotatable bonds is 5. The molecule has 1 aromatic rings. The number of aliphatic carboxylic acids is 1. The smallest absolute Gasteiger partial charge is 0.334 e. The molecule has 0 aliphatic carbocycles. The van der Waals surface area contributed by atoms with Crippen molar-refractivity contribution in [1.82, 2.24) is 0 Å². The fourth-order valence-corrected chi connectivity index (χ4v) is 1.23. The van der Waals surface area contributed by atoms with Crippen LogP contribution in [-0.2, 0) is 20.9 Å². The molecule has 0 aromatic heterocycles. The molecule has 0 unspecified atom stereocenters. The maximum atomic E-state index is 11.4. The molecule has 1 N–H and O–H groups in total. The van der Waals surface area contributed by atoms with Gasteiger partial charge in [0, 0.05) is 11.6 Å². The molecule has 0 radical (unpaired) electrons. The van der Waals surface area contributed by atoms with Crippen molar-refractivity contribution in [2.75, 3.05) is 7.11 Å². The molecule has 1 aromatic carbocycles. The highest BCUT2D eigenvalue weighted by Crippen LogP contribution is 2.12. The van der Waals surface area contributed by atoms with Gasteiger partial charge < -0.3 is 14.6 Å². The van der Waals surface area contributed by atoms with Gasteiger partial charge in [-0.15, -0.1) is 0 Å². The third kappa shape index (κ3) is 4.29. The zero-order chi connectivity index (χ0) is 13.5. The van der Waals surface area contributed by atoms with Crippen LogP contribution in [0.5, 0.6) is 5.75 Å². The third-order valence-corrected chi connectivity index (χ3v) is 2.19. The second-order valence-corrected chi connectivity index (χ2v) is 3.59. The Bertz CT molecular complexity index is 459. The van der Waals surface area contributed by atoms with Crippen LogP contribution in [-0.4, -0.2) is 24.2 Å². The monoisotopic (exact) mass is 250 g/mol. The molecule has 18 heavy (non-hydrogen) atoms. The molecule has 5 heteroatoms. The number of ether oxygens (including phenoxy) is 2. The summed E-state index contributed by atoms with van der Waals surface area (Å²) < 4.78 is 9.95. The van der Waals surface area contributed by atoms with E-state index in [4.69, 9.17) is 14.6 Å². The number of hydrogen-bond donors (Lipinski definition) is 1. The van der Waals surface area contributed by atoms with Gasteiger partial charge in [-0.1, -0.05) is 12.1 Å². The fraction of sp³-hybridized carbons (Fsp3) is 0.231. The number of hydrogen-bond acceptors (Lipinski definition) is 4. The van der Waals surface area contributed by atoms with E-state index in [1.54, 1.807) is 31.4 Å². The van der Waals surface area contributed by atoms with E-state index in [1.807, 2.05) is 0 Å². The molecule has 0 saturated carbocycles. The van der Waals surface area contributed by atoms with Crippen molar-refractivity contribution in [3.05, 3.63) is 41.5 Å². The van der Waals surface area contributed by atoms with Gasteiger partial charge in [-0.25, -0.2) is 9.59 Å². The first kappa shape index (κ1) is 13.8. The van der Waals surface area contributed by atoms with Gasteiger partial charge in [0.1, 0.15) is 12.4 Å². The van der Waals surface area contributed by atoms with Gasteiger partial charge in [-0.2, -0.15) is 0 Å². The summed E-state index contributed by atoms with van der Waals surface area (Å²) in [6, 6.07) is 7.04. The van der Waals surface area contributed by atoms with E-state index in [9.17, 15) is 9.59 Å². The first-order chi connectivity index (χ1) is 8.52. The number of carbonyl (C=O) groups excluding carboxylic acids is 1. The first-order valence-electron chi connectivity index (χ1n) is 5.24. The van der Waals surface area contributed by atoms with Crippen LogP contribution in [0.3, 0.4) is 0 Å². The van der Waals surface area contributed by atoms with Crippen molar-refractivity contribution in [3.8, 4) is 5.75 Å². The summed E-state index contributed by atoms with van der Waals surface area (Å²) in [5.41, 5.74) is 0.850. The Morgan fingerprint density at radius 3 is 2.39 bits per heavy atom. The Morgan fingerprint density at radius 2 is 1.89 bits per heavy atom. The van der Waals surface area contributed by atoms with Crippen molar-refractivity contribution in [3.63, 3.8) is 0 Å². The molecule has 96 valence electrons. The van der Waals surface area contributed by atoms with E-state index in [-0.39, 0.29) is 12.2 Å². The number of methoxy groups -OCH3 is 1. The number of benzene rings is 1. The number of carbonyl (C=O) groups is 2. The van der Waals surface area contributed by atoms with Crippen LogP contribution in [0, 0.1) is 0 Å². The predicted molar refractivity (Wildman–Crippen MR) is 64.2 cm³/mol. The standard InChI is InChI=1S/C13H14O5/c1-9(7-12(14)15)13(16)18-8-10-3-5-11(17-2)6-4-10/h3-7H,8H2,1-2H3,(H,14,15)/b9-7-. The van der Waals surface area contributed by atoms with Crippen molar-refractivity contribution in [1.29, 1.82) is 0 Å². The SMILES string of the molecule is COc1ccc(COC(=O)/C(C)=C\C(=O)O)cc1. The van der Waals surface area contributed by atoms with E-state index in [0.717, 1.165) is 11.6 Å². The second-order valence-electron chi connectivity index (χ2n) is 3.59. The van der Waals surface area contributed by atoms with Crippen LogP contribution in [0.2, 0.25) is 0 Å². The molecule has 0 atom stereocenters. The average Bonchev–Trinajstić information content (AvgIpc) is 2.35. The Morgan fingerprint density at radius 1 is 1.28 bits per heavy atom. The lowest BCUT2D eigenvalue weighted by Crippen LogP contribution is -2.07. The quantitative estimate of drug-likeness (QED) is 0.637. The molecule has 0 amide bonds. The number of carboxylic acids is 1. The normalized spacial score (nSPS) is 10.9. The van der Waals surface area contributed by atoms with Crippen molar-refractivity contribution in [2.45, 2.75) is 13.5 Å². The Balaban J connectivity index is 2.54. The van der Waals surface area contributed by atoms with Gasteiger partial charge in [0.05, 0.1) is 7.11 Å². The lowest BCUT2D eigenvalue weighted by Gasteiger charge is -2.05. The van der Waals surface area contributed by atoms with E-state index < -0.39 is 11.9 Å². The van der Waals surface area contributed by atoms with Crippen LogP contribution in [0.25, 0.3) is 0 Å². The van der Waals surface area contributed by atoms with Crippen LogP contribution in [0.1, 0.15) is 12.5 Å². The first-order valence-corrected chi connectivity index (χ1v) is 5.24. The van der Waals surface area contributed by atoms with Crippen molar-refractivity contribution in [2.24, 2.45) is 0 Å². The predicted octanol–water partition coefficient (Wildman–Crippen LogP) is 1.77. The molecule has 5 nitrogen and oxygen atoms in total. The zero-order valence-electron chi connectivity index (χ0n) is 10.2. The summed E-state index contributed by atoms with van der Waals surface area (Å²) in [4.78, 5) is 21.8. The van der Waals surface area contributed by atoms with Crippen LogP contribution in [0.4, 0.5) is 0 Å². The zero-order valence-corrected chi connectivity index (χ0v) is 10.2. The second kappa shape index (κ2) is 6.44. The highest BCUT2D eigenvalue weighted by molar-refractivity contribution is 5.95. The van der Waals surface area contributed by atoms with Crippen LogP contribution < -0.4 is 4.74 Å². The number of carboxylic acid groups (broad SMARTS) is 1. The topological polar surface area (TPSA) is 72.8 Å². The van der Waals surface area contributed by atoms with Crippen molar-refractivity contribution >= 4 is 11.9 Å². The van der Waals surface area contributed by atoms with Crippen molar-refractivity contribution < 1.29 is 24.2 Å². The molecular weight excluding hydrogens is 236 g/mol. The molecule has 0 aliphatic heterocycles. The molecule has 0 heterocycles. The number of esters is 1. The highest BCUT2D eigenvalue weighted by Gasteiger charge is 2.07. The molecule has 0 spiro atoms. The molecule has 0 bridgehead atoms. The summed E-state index contributed by atoms with van der Waals surface area (Å²) in [6.45, 7) is 1.48. The Labute approximate surface area is 105 Å². The van der Waals surface area contributed by atoms with E-state index in [2.05, 4.69) is 0 Å². The average molecular weight is 250 g/mol. The Hall–Kier alpha value is -2.30. The van der Waals surface area contributed by atoms with E-state index in [0.29, 0.717) is 5.75 Å². The molecule has 0 aliphatic rings. The fourth-order valence-electron chi connectivity index (χ4n) is 1.23. The molecular formula is C13H14O5. The van der Waals surface area contributed by atoms with Gasteiger partial charge in [0.2, 0.25) is 0 Å². The lowest BCUT2D eigenvalue weighted by atomic mass is 10.2. The third-order valence-electron chi connectivity index (χ3n) is 2.19. The minimum atomic E-state index is -1.17.